The Bertz CT molecular complexity index is 1260. The Hall–Kier alpha value is -3.52. The van der Waals surface area contributed by atoms with E-state index in [0.717, 1.165) is 10.7 Å². The lowest BCUT2D eigenvalue weighted by molar-refractivity contribution is 0.0748. The number of carbonyl (C=O) groups is 1. The minimum Gasteiger partial charge on any atom is -0.487 e. The highest BCUT2D eigenvalue weighted by atomic mass is 32.1. The number of benzene rings is 2. The Balaban J connectivity index is 1.45. The largest absolute Gasteiger partial charge is 0.487 e. The molecule has 31 heavy (non-hydrogen) atoms. The SMILES string of the molecule is CCN(Cc1nc2ccccc2c(=O)[nH]1)C(=O)c1ccc(OCc2csc(C)n2)cc1. The van der Waals surface area contributed by atoms with Crippen molar-refractivity contribution in [2.24, 2.45) is 0 Å². The highest BCUT2D eigenvalue weighted by molar-refractivity contribution is 7.09. The number of fused-ring (bicyclic) bond motifs is 1. The average Bonchev–Trinajstić information content (AvgIpc) is 3.21. The first-order valence-corrected chi connectivity index (χ1v) is 10.8. The summed E-state index contributed by atoms with van der Waals surface area (Å²) < 4.78 is 5.75. The fourth-order valence-electron chi connectivity index (χ4n) is 3.23. The van der Waals surface area contributed by atoms with Crippen molar-refractivity contribution in [2.45, 2.75) is 27.0 Å². The van der Waals surface area contributed by atoms with E-state index < -0.39 is 0 Å². The van der Waals surface area contributed by atoms with Gasteiger partial charge < -0.3 is 14.6 Å². The number of amides is 1. The van der Waals surface area contributed by atoms with E-state index in [9.17, 15) is 9.59 Å². The van der Waals surface area contributed by atoms with Crippen molar-refractivity contribution in [1.82, 2.24) is 19.9 Å². The second-order valence-electron chi connectivity index (χ2n) is 7.02. The Morgan fingerprint density at radius 2 is 1.90 bits per heavy atom. The van der Waals surface area contributed by atoms with Gasteiger partial charge in [0.05, 0.1) is 28.1 Å². The number of hydrogen-bond acceptors (Lipinski definition) is 6. The number of nitrogens with zero attached hydrogens (tertiary/aromatic N) is 3. The zero-order chi connectivity index (χ0) is 21.8. The van der Waals surface area contributed by atoms with E-state index in [4.69, 9.17) is 4.74 Å². The van der Waals surface area contributed by atoms with Crippen LogP contribution in [0.4, 0.5) is 0 Å². The van der Waals surface area contributed by atoms with Crippen LogP contribution in [0.2, 0.25) is 0 Å². The molecule has 7 nitrogen and oxygen atoms in total. The minimum atomic E-state index is -0.207. The first-order chi connectivity index (χ1) is 15.0. The van der Waals surface area contributed by atoms with Crippen LogP contribution >= 0.6 is 11.3 Å². The molecule has 2 aromatic carbocycles. The molecular formula is C23H22N4O3S. The van der Waals surface area contributed by atoms with Gasteiger partial charge in [-0.3, -0.25) is 9.59 Å². The molecule has 1 amide bonds. The zero-order valence-electron chi connectivity index (χ0n) is 17.3. The summed E-state index contributed by atoms with van der Waals surface area (Å²) in [5.74, 6) is 0.989. The maximum absolute atomic E-state index is 13.0. The standard InChI is InChI=1S/C23H22N4O3S/c1-3-27(12-21-25-20-7-5-4-6-19(20)22(28)26-21)23(29)16-8-10-18(11-9-16)30-13-17-14-31-15(2)24-17/h4-11,14H,3,12-13H2,1-2H3,(H,25,26,28). The molecule has 0 aliphatic rings. The summed E-state index contributed by atoms with van der Waals surface area (Å²) in [5, 5.41) is 3.50. The molecule has 0 aliphatic heterocycles. The number of para-hydroxylation sites is 1. The molecule has 0 spiro atoms. The van der Waals surface area contributed by atoms with Gasteiger partial charge in [-0.1, -0.05) is 12.1 Å². The van der Waals surface area contributed by atoms with Crippen LogP contribution in [0.3, 0.4) is 0 Å². The summed E-state index contributed by atoms with van der Waals surface area (Å²) in [4.78, 5) is 38.6. The summed E-state index contributed by atoms with van der Waals surface area (Å²) in [5.41, 5.74) is 1.83. The number of thiazole rings is 1. The predicted molar refractivity (Wildman–Crippen MR) is 120 cm³/mol. The van der Waals surface area contributed by atoms with Gasteiger partial charge in [-0.25, -0.2) is 9.97 Å². The topological polar surface area (TPSA) is 88.2 Å². The summed E-state index contributed by atoms with van der Waals surface area (Å²) in [6, 6.07) is 14.2. The molecule has 0 saturated carbocycles. The molecule has 1 N–H and O–H groups in total. The quantitative estimate of drug-likeness (QED) is 0.476. The number of hydrogen-bond donors (Lipinski definition) is 1. The molecule has 2 aromatic heterocycles. The van der Waals surface area contributed by atoms with Crippen LogP contribution in [0.15, 0.2) is 58.7 Å². The number of carbonyl (C=O) groups excluding carboxylic acids is 1. The summed E-state index contributed by atoms with van der Waals surface area (Å²) in [6.45, 7) is 4.94. The number of aromatic amines is 1. The number of nitrogens with one attached hydrogen (secondary N) is 1. The molecule has 0 bridgehead atoms. The zero-order valence-corrected chi connectivity index (χ0v) is 18.1. The Labute approximate surface area is 183 Å². The maximum atomic E-state index is 13.0. The number of rotatable bonds is 7. The van der Waals surface area contributed by atoms with Gasteiger partial charge in [-0.15, -0.1) is 11.3 Å². The van der Waals surface area contributed by atoms with Crippen LogP contribution in [0.1, 0.15) is 33.8 Å². The van der Waals surface area contributed by atoms with E-state index in [1.54, 1.807) is 58.7 Å². The summed E-state index contributed by atoms with van der Waals surface area (Å²) in [6.07, 6.45) is 0. The van der Waals surface area contributed by atoms with Gasteiger partial charge in [0, 0.05) is 17.5 Å². The normalized spacial score (nSPS) is 10.9. The lowest BCUT2D eigenvalue weighted by atomic mass is 10.2. The molecule has 4 aromatic rings. The highest BCUT2D eigenvalue weighted by Gasteiger charge is 2.16. The number of ether oxygens (including phenoxy) is 1. The van der Waals surface area contributed by atoms with Crippen molar-refractivity contribution in [3.8, 4) is 5.75 Å². The second kappa shape index (κ2) is 9.09. The van der Waals surface area contributed by atoms with E-state index in [1.165, 1.54) is 0 Å². The van der Waals surface area contributed by atoms with Crippen LogP contribution in [0.25, 0.3) is 10.9 Å². The molecule has 0 fully saturated rings. The molecule has 0 radical (unpaired) electrons. The van der Waals surface area contributed by atoms with Crippen molar-refractivity contribution >= 4 is 28.1 Å². The lowest BCUT2D eigenvalue weighted by Gasteiger charge is -2.20. The monoisotopic (exact) mass is 434 g/mol. The maximum Gasteiger partial charge on any atom is 0.258 e. The number of aromatic nitrogens is 3. The van der Waals surface area contributed by atoms with Crippen LogP contribution in [0.5, 0.6) is 5.75 Å². The molecule has 0 unspecified atom stereocenters. The van der Waals surface area contributed by atoms with Crippen LogP contribution in [-0.4, -0.2) is 32.3 Å². The van der Waals surface area contributed by atoms with Crippen molar-refractivity contribution in [3.05, 3.63) is 86.4 Å². The van der Waals surface area contributed by atoms with Gasteiger partial charge in [0.2, 0.25) is 0 Å². The third-order valence-corrected chi connectivity index (χ3v) is 5.65. The molecule has 4 rings (SSSR count). The third kappa shape index (κ3) is 4.80. The third-order valence-electron chi connectivity index (χ3n) is 4.83. The minimum absolute atomic E-state index is 0.139. The number of aryl methyl sites for hydroxylation is 1. The molecule has 0 saturated heterocycles. The summed E-state index contributed by atoms with van der Waals surface area (Å²) in [7, 11) is 0. The van der Waals surface area contributed by atoms with E-state index in [2.05, 4.69) is 15.0 Å². The van der Waals surface area contributed by atoms with Gasteiger partial charge in [0.15, 0.2) is 0 Å². The second-order valence-corrected chi connectivity index (χ2v) is 8.08. The van der Waals surface area contributed by atoms with Gasteiger partial charge in [0.1, 0.15) is 18.2 Å². The number of H-pyrrole nitrogens is 1. The fraction of sp³-hybridized carbons (Fsp3) is 0.217. The van der Waals surface area contributed by atoms with Crippen molar-refractivity contribution < 1.29 is 9.53 Å². The van der Waals surface area contributed by atoms with Crippen LogP contribution in [0, 0.1) is 6.92 Å². The van der Waals surface area contributed by atoms with Crippen molar-refractivity contribution in [2.75, 3.05) is 6.54 Å². The molecule has 0 atom stereocenters. The first kappa shape index (κ1) is 20.7. The first-order valence-electron chi connectivity index (χ1n) is 9.94. The van der Waals surface area contributed by atoms with Gasteiger partial charge in [0.25, 0.3) is 11.5 Å². The molecule has 8 heteroatoms. The van der Waals surface area contributed by atoms with Crippen molar-refractivity contribution in [1.29, 1.82) is 0 Å². The van der Waals surface area contributed by atoms with Crippen LogP contribution < -0.4 is 10.3 Å². The Kier molecular flexibility index (Phi) is 6.08. The van der Waals surface area contributed by atoms with E-state index in [-0.39, 0.29) is 18.0 Å². The van der Waals surface area contributed by atoms with E-state index in [0.29, 0.717) is 41.2 Å². The molecular weight excluding hydrogens is 412 g/mol. The predicted octanol–water partition coefficient (Wildman–Crippen LogP) is 3.93. The highest BCUT2D eigenvalue weighted by Crippen LogP contribution is 2.17. The molecule has 2 heterocycles. The Morgan fingerprint density at radius 3 is 2.61 bits per heavy atom. The molecule has 158 valence electrons. The van der Waals surface area contributed by atoms with E-state index >= 15 is 0 Å². The van der Waals surface area contributed by atoms with Crippen LogP contribution in [-0.2, 0) is 13.2 Å². The average molecular weight is 435 g/mol. The smallest absolute Gasteiger partial charge is 0.258 e. The fourth-order valence-corrected chi connectivity index (χ4v) is 3.82. The van der Waals surface area contributed by atoms with Crippen molar-refractivity contribution in [3.63, 3.8) is 0 Å². The summed E-state index contributed by atoms with van der Waals surface area (Å²) >= 11 is 1.59. The Morgan fingerprint density at radius 1 is 1.13 bits per heavy atom. The van der Waals surface area contributed by atoms with Gasteiger partial charge in [-0.2, -0.15) is 0 Å². The van der Waals surface area contributed by atoms with Gasteiger partial charge >= 0.3 is 0 Å². The van der Waals surface area contributed by atoms with Gasteiger partial charge in [-0.05, 0) is 50.2 Å². The van der Waals surface area contributed by atoms with E-state index in [1.807, 2.05) is 25.3 Å². The molecule has 0 aliphatic carbocycles. The lowest BCUT2D eigenvalue weighted by Crippen LogP contribution is -2.31.